The summed E-state index contributed by atoms with van der Waals surface area (Å²) in [6, 6.07) is 0. The van der Waals surface area contributed by atoms with Crippen LogP contribution in [-0.4, -0.2) is 48.3 Å². The molecule has 1 aromatic heterocycles. The standard InChI is InChI=1S/C15H22BN3O5/c1-14(2,3)23-12(20)19(13(21)24-15(4,5)6)10-11(22-7)18-9(16)8-17-10/h8H,1-7H3. The van der Waals surface area contributed by atoms with Gasteiger partial charge in [0.15, 0.2) is 0 Å². The van der Waals surface area contributed by atoms with Crippen molar-refractivity contribution in [3.63, 3.8) is 0 Å². The van der Waals surface area contributed by atoms with Crippen LogP contribution in [0.1, 0.15) is 41.5 Å². The van der Waals surface area contributed by atoms with E-state index in [9.17, 15) is 9.59 Å². The molecule has 8 nitrogen and oxygen atoms in total. The SMILES string of the molecule is [B]c1cnc(N(C(=O)OC(C)(C)C)C(=O)OC(C)(C)C)c(OC)n1. The molecule has 0 aromatic carbocycles. The molecule has 24 heavy (non-hydrogen) atoms. The minimum Gasteiger partial charge on any atom is -0.478 e. The number of anilines is 1. The van der Waals surface area contributed by atoms with Crippen LogP contribution in [0.3, 0.4) is 0 Å². The highest BCUT2D eigenvalue weighted by atomic mass is 16.6. The zero-order chi connectivity index (χ0) is 18.7. The fourth-order valence-electron chi connectivity index (χ4n) is 1.53. The van der Waals surface area contributed by atoms with Gasteiger partial charge in [-0.3, -0.25) is 0 Å². The molecule has 0 spiro atoms. The molecule has 0 aliphatic rings. The summed E-state index contributed by atoms with van der Waals surface area (Å²) in [5.74, 6) is -0.276. The second-order valence-corrected chi connectivity index (χ2v) is 6.92. The van der Waals surface area contributed by atoms with Crippen molar-refractivity contribution in [2.45, 2.75) is 52.7 Å². The van der Waals surface area contributed by atoms with Gasteiger partial charge in [-0.15, -0.1) is 0 Å². The third-order valence-electron chi connectivity index (χ3n) is 2.30. The Morgan fingerprint density at radius 3 is 1.88 bits per heavy atom. The van der Waals surface area contributed by atoms with E-state index in [1.165, 1.54) is 13.3 Å². The summed E-state index contributed by atoms with van der Waals surface area (Å²) in [6.07, 6.45) is -0.734. The van der Waals surface area contributed by atoms with Crippen LogP contribution in [0, 0.1) is 0 Å². The predicted octanol–water partition coefficient (Wildman–Crippen LogP) is 1.96. The molecule has 0 aliphatic heterocycles. The molecule has 0 fully saturated rings. The van der Waals surface area contributed by atoms with E-state index in [4.69, 9.17) is 22.1 Å². The van der Waals surface area contributed by atoms with Crippen molar-refractivity contribution in [3.05, 3.63) is 6.20 Å². The molecule has 0 bridgehead atoms. The number of aromatic nitrogens is 2. The number of amides is 2. The van der Waals surface area contributed by atoms with Gasteiger partial charge in [-0.25, -0.2) is 19.6 Å². The fraction of sp³-hybridized carbons (Fsp3) is 0.600. The highest BCUT2D eigenvalue weighted by Crippen LogP contribution is 2.25. The number of nitrogens with zero attached hydrogens (tertiary/aromatic N) is 3. The normalized spacial score (nSPS) is 11.6. The molecule has 1 heterocycles. The van der Waals surface area contributed by atoms with E-state index in [-0.39, 0.29) is 17.3 Å². The van der Waals surface area contributed by atoms with E-state index < -0.39 is 23.4 Å². The van der Waals surface area contributed by atoms with Gasteiger partial charge in [-0.1, -0.05) is 0 Å². The summed E-state index contributed by atoms with van der Waals surface area (Å²) < 4.78 is 15.6. The number of carbonyl (C=O) groups is 2. The first-order valence-electron chi connectivity index (χ1n) is 7.26. The van der Waals surface area contributed by atoms with E-state index >= 15 is 0 Å². The number of rotatable bonds is 2. The largest absolute Gasteiger partial charge is 0.478 e. The van der Waals surface area contributed by atoms with E-state index in [2.05, 4.69) is 9.97 Å². The van der Waals surface area contributed by atoms with Crippen LogP contribution in [-0.2, 0) is 9.47 Å². The van der Waals surface area contributed by atoms with Crippen molar-refractivity contribution in [1.29, 1.82) is 0 Å². The van der Waals surface area contributed by atoms with Gasteiger partial charge in [0.2, 0.25) is 5.82 Å². The summed E-state index contributed by atoms with van der Waals surface area (Å²) in [7, 11) is 6.87. The van der Waals surface area contributed by atoms with E-state index in [1.807, 2.05) is 0 Å². The monoisotopic (exact) mass is 335 g/mol. The summed E-state index contributed by atoms with van der Waals surface area (Å²) in [5, 5.41) is 0. The maximum atomic E-state index is 12.5. The second kappa shape index (κ2) is 7.06. The quantitative estimate of drug-likeness (QED) is 0.763. The van der Waals surface area contributed by atoms with Crippen LogP contribution in [0.2, 0.25) is 0 Å². The lowest BCUT2D eigenvalue weighted by Crippen LogP contribution is -2.44. The van der Waals surface area contributed by atoms with Crippen molar-refractivity contribution in [2.75, 3.05) is 12.0 Å². The molecule has 2 amide bonds. The fourth-order valence-corrected chi connectivity index (χ4v) is 1.53. The number of methoxy groups -OCH3 is 1. The topological polar surface area (TPSA) is 90.9 Å². The first kappa shape index (κ1) is 19.7. The van der Waals surface area contributed by atoms with Gasteiger partial charge in [-0.05, 0) is 41.5 Å². The summed E-state index contributed by atoms with van der Waals surface area (Å²) in [5.41, 5.74) is -1.58. The lowest BCUT2D eigenvalue weighted by molar-refractivity contribution is 0.0427. The van der Waals surface area contributed by atoms with Crippen molar-refractivity contribution in [1.82, 2.24) is 9.97 Å². The summed E-state index contributed by atoms with van der Waals surface area (Å²) in [4.78, 5) is 33.5. The van der Waals surface area contributed by atoms with Crippen molar-refractivity contribution < 1.29 is 23.8 Å². The maximum Gasteiger partial charge on any atom is 0.425 e. The molecular formula is C15H22BN3O5. The number of imide groups is 1. The van der Waals surface area contributed by atoms with E-state index in [0.29, 0.717) is 4.90 Å². The average molecular weight is 335 g/mol. The molecule has 1 aromatic rings. The molecule has 1 rings (SSSR count). The van der Waals surface area contributed by atoms with Gasteiger partial charge in [0.05, 0.1) is 7.11 Å². The zero-order valence-corrected chi connectivity index (χ0v) is 15.0. The maximum absolute atomic E-state index is 12.5. The first-order valence-corrected chi connectivity index (χ1v) is 7.26. The highest BCUT2D eigenvalue weighted by Gasteiger charge is 2.35. The Labute approximate surface area is 142 Å². The molecule has 0 unspecified atom stereocenters. The highest BCUT2D eigenvalue weighted by molar-refractivity contribution is 6.30. The van der Waals surface area contributed by atoms with Crippen molar-refractivity contribution in [2.24, 2.45) is 0 Å². The Hall–Kier alpha value is -2.32. The minimum absolute atomic E-state index is 0.0731. The Kier molecular flexibility index (Phi) is 5.81. The van der Waals surface area contributed by atoms with Gasteiger partial charge in [0.1, 0.15) is 19.0 Å². The Morgan fingerprint density at radius 1 is 1.04 bits per heavy atom. The molecular weight excluding hydrogens is 313 g/mol. The number of hydrogen-bond acceptors (Lipinski definition) is 7. The smallest absolute Gasteiger partial charge is 0.425 e. The predicted molar refractivity (Wildman–Crippen MR) is 88.9 cm³/mol. The van der Waals surface area contributed by atoms with Gasteiger partial charge in [-0.2, -0.15) is 4.90 Å². The van der Waals surface area contributed by atoms with Crippen molar-refractivity contribution in [3.8, 4) is 5.88 Å². The molecule has 2 radical (unpaired) electrons. The number of carbonyl (C=O) groups excluding carboxylic acids is 2. The molecule has 0 saturated carbocycles. The average Bonchev–Trinajstić information content (AvgIpc) is 2.36. The second-order valence-electron chi connectivity index (χ2n) is 6.92. The Balaban J connectivity index is 3.33. The molecule has 130 valence electrons. The van der Waals surface area contributed by atoms with E-state index in [0.717, 1.165) is 0 Å². The van der Waals surface area contributed by atoms with Crippen LogP contribution in [0.15, 0.2) is 6.20 Å². The third kappa shape index (κ3) is 5.71. The molecule has 0 atom stereocenters. The minimum atomic E-state index is -0.964. The number of hydrogen-bond donors (Lipinski definition) is 0. The van der Waals surface area contributed by atoms with E-state index in [1.54, 1.807) is 41.5 Å². The molecule has 9 heteroatoms. The third-order valence-corrected chi connectivity index (χ3v) is 2.30. The lowest BCUT2D eigenvalue weighted by atomic mass is 10.1. The van der Waals surface area contributed by atoms with Gasteiger partial charge in [0.25, 0.3) is 5.88 Å². The van der Waals surface area contributed by atoms with Crippen LogP contribution < -0.4 is 15.2 Å². The van der Waals surface area contributed by atoms with Crippen LogP contribution >= 0.6 is 0 Å². The summed E-state index contributed by atoms with van der Waals surface area (Å²) in [6.45, 7) is 10.0. The number of ether oxygens (including phenoxy) is 3. The van der Waals surface area contributed by atoms with Gasteiger partial charge >= 0.3 is 12.2 Å². The molecule has 0 aliphatic carbocycles. The van der Waals surface area contributed by atoms with Crippen LogP contribution in [0.25, 0.3) is 0 Å². The van der Waals surface area contributed by atoms with Crippen molar-refractivity contribution >= 4 is 31.4 Å². The summed E-state index contributed by atoms with van der Waals surface area (Å²) >= 11 is 0. The van der Waals surface area contributed by atoms with Gasteiger partial charge < -0.3 is 14.2 Å². The first-order chi connectivity index (χ1) is 10.8. The van der Waals surface area contributed by atoms with Crippen LogP contribution in [0.5, 0.6) is 5.88 Å². The van der Waals surface area contributed by atoms with Crippen LogP contribution in [0.4, 0.5) is 15.4 Å². The Bertz CT molecular complexity index is 595. The zero-order valence-electron chi connectivity index (χ0n) is 15.0. The lowest BCUT2D eigenvalue weighted by Gasteiger charge is -2.28. The van der Waals surface area contributed by atoms with Gasteiger partial charge in [0, 0.05) is 11.8 Å². The molecule has 0 saturated heterocycles. The molecule has 0 N–H and O–H groups in total. The Morgan fingerprint density at radius 2 is 1.50 bits per heavy atom.